The van der Waals surface area contributed by atoms with Crippen LogP contribution in [0.4, 0.5) is 13.2 Å². The van der Waals surface area contributed by atoms with Crippen molar-refractivity contribution in [3.63, 3.8) is 0 Å². The van der Waals surface area contributed by atoms with Gasteiger partial charge in [0.2, 0.25) is 0 Å². The summed E-state index contributed by atoms with van der Waals surface area (Å²) < 4.78 is 36.2. The molecule has 2 aromatic rings. The molecule has 100 valence electrons. The van der Waals surface area contributed by atoms with E-state index in [9.17, 15) is 18.0 Å². The molecule has 0 amide bonds. The van der Waals surface area contributed by atoms with Crippen molar-refractivity contribution in [2.24, 2.45) is 0 Å². The summed E-state index contributed by atoms with van der Waals surface area (Å²) in [5.74, 6) is -0.381. The van der Waals surface area contributed by atoms with E-state index in [4.69, 9.17) is 0 Å². The van der Waals surface area contributed by atoms with Crippen molar-refractivity contribution in [1.29, 1.82) is 0 Å². The number of Topliss-reactive ketones (excluding diaryl/α,β-unsaturated/α-hetero) is 1. The van der Waals surface area contributed by atoms with Crippen LogP contribution < -0.4 is 0 Å². The lowest BCUT2D eigenvalue weighted by atomic mass is 9.99. The van der Waals surface area contributed by atoms with E-state index in [2.05, 4.69) is 0 Å². The van der Waals surface area contributed by atoms with E-state index in [1.54, 1.807) is 6.07 Å². The zero-order valence-corrected chi connectivity index (χ0v) is 10.2. The van der Waals surface area contributed by atoms with Gasteiger partial charge in [-0.1, -0.05) is 42.5 Å². The third kappa shape index (κ3) is 3.81. The monoisotopic (exact) mass is 266 g/mol. The average molecular weight is 266 g/mol. The molecule has 0 saturated carbocycles. The molecular weight excluding hydrogens is 253 g/mol. The molecule has 0 aromatic heterocycles. The van der Waals surface area contributed by atoms with Gasteiger partial charge in [-0.15, -0.1) is 0 Å². The highest BCUT2D eigenvalue weighted by Crippen LogP contribution is 2.23. The fourth-order valence-corrected chi connectivity index (χ4v) is 2.03. The first-order valence-corrected chi connectivity index (χ1v) is 6.01. The molecule has 2 aromatic carbocycles. The summed E-state index contributed by atoms with van der Waals surface area (Å²) in [6.45, 7) is 0. The lowest BCUT2D eigenvalue weighted by Gasteiger charge is -2.07. The van der Waals surface area contributed by atoms with Gasteiger partial charge in [0.05, 0.1) is 6.42 Å². The number of rotatable bonds is 4. The van der Waals surface area contributed by atoms with Gasteiger partial charge in [-0.25, -0.2) is 0 Å². The van der Waals surface area contributed by atoms with Gasteiger partial charge < -0.3 is 0 Å². The van der Waals surface area contributed by atoms with E-state index >= 15 is 0 Å². The molecule has 0 bridgehead atoms. The van der Waals surface area contributed by atoms with Crippen molar-refractivity contribution in [3.8, 4) is 0 Å². The Kier molecular flexibility index (Phi) is 3.88. The zero-order chi connectivity index (χ0) is 13.9. The Hall–Kier alpha value is -1.84. The Labute approximate surface area is 109 Å². The number of carbonyl (C=O) groups excluding carboxylic acids is 1. The summed E-state index contributed by atoms with van der Waals surface area (Å²) in [7, 11) is 0. The normalized spacial score (nSPS) is 11.7. The van der Waals surface area contributed by atoms with E-state index in [0.717, 1.165) is 16.3 Å². The van der Waals surface area contributed by atoms with Crippen LogP contribution in [0.2, 0.25) is 0 Å². The summed E-state index contributed by atoms with van der Waals surface area (Å²) in [4.78, 5) is 11.6. The number of fused-ring (bicyclic) bond motifs is 1. The Balaban J connectivity index is 2.11. The first-order chi connectivity index (χ1) is 8.96. The van der Waals surface area contributed by atoms with E-state index < -0.39 is 19.0 Å². The lowest BCUT2D eigenvalue weighted by Crippen LogP contribution is -2.12. The Bertz CT molecular complexity index is 582. The molecule has 0 saturated heterocycles. The minimum Gasteiger partial charge on any atom is -0.299 e. The molecule has 0 aliphatic heterocycles. The highest BCUT2D eigenvalue weighted by atomic mass is 19.4. The van der Waals surface area contributed by atoms with Crippen molar-refractivity contribution < 1.29 is 18.0 Å². The summed E-state index contributed by atoms with van der Waals surface area (Å²) in [6, 6.07) is 13.0. The summed E-state index contributed by atoms with van der Waals surface area (Å²) in [5.41, 5.74) is 0.783. The Morgan fingerprint density at radius 1 is 1.00 bits per heavy atom. The third-order valence-electron chi connectivity index (χ3n) is 2.95. The molecule has 0 aliphatic carbocycles. The highest BCUT2D eigenvalue weighted by Gasteiger charge is 2.27. The highest BCUT2D eigenvalue weighted by molar-refractivity contribution is 5.90. The maximum absolute atomic E-state index is 12.1. The van der Waals surface area contributed by atoms with Crippen LogP contribution in [-0.4, -0.2) is 12.0 Å². The largest absolute Gasteiger partial charge is 0.389 e. The molecule has 0 unspecified atom stereocenters. The van der Waals surface area contributed by atoms with Gasteiger partial charge in [-0.2, -0.15) is 13.2 Å². The van der Waals surface area contributed by atoms with Gasteiger partial charge in [0.1, 0.15) is 5.78 Å². The van der Waals surface area contributed by atoms with Gasteiger partial charge in [-0.3, -0.25) is 4.79 Å². The molecule has 0 spiro atoms. The van der Waals surface area contributed by atoms with Gasteiger partial charge in [-0.05, 0) is 16.3 Å². The number of halogens is 3. The van der Waals surface area contributed by atoms with Gasteiger partial charge in [0.25, 0.3) is 0 Å². The predicted molar refractivity (Wildman–Crippen MR) is 67.9 cm³/mol. The average Bonchev–Trinajstić information content (AvgIpc) is 2.36. The van der Waals surface area contributed by atoms with Crippen LogP contribution in [0.15, 0.2) is 42.5 Å². The summed E-state index contributed by atoms with van der Waals surface area (Å²) in [5, 5.41) is 1.91. The molecule has 0 fully saturated rings. The number of hydrogen-bond donors (Lipinski definition) is 0. The number of alkyl halides is 3. The predicted octanol–water partition coefficient (Wildman–Crippen LogP) is 4.29. The van der Waals surface area contributed by atoms with Crippen molar-refractivity contribution in [2.45, 2.75) is 25.4 Å². The SMILES string of the molecule is O=C(CCC(F)(F)F)Cc1cccc2ccccc12. The van der Waals surface area contributed by atoms with E-state index in [1.807, 2.05) is 36.4 Å². The summed E-state index contributed by atoms with van der Waals surface area (Å²) in [6.07, 6.45) is -5.71. The van der Waals surface area contributed by atoms with Gasteiger partial charge in [0.15, 0.2) is 0 Å². The number of ketones is 1. The van der Waals surface area contributed by atoms with Crippen molar-refractivity contribution >= 4 is 16.6 Å². The maximum Gasteiger partial charge on any atom is 0.389 e. The number of benzene rings is 2. The zero-order valence-electron chi connectivity index (χ0n) is 10.2. The molecule has 19 heavy (non-hydrogen) atoms. The van der Waals surface area contributed by atoms with Crippen LogP contribution in [-0.2, 0) is 11.2 Å². The van der Waals surface area contributed by atoms with Gasteiger partial charge >= 0.3 is 6.18 Å². The van der Waals surface area contributed by atoms with Crippen molar-refractivity contribution in [2.75, 3.05) is 0 Å². The number of hydrogen-bond acceptors (Lipinski definition) is 1. The van der Waals surface area contributed by atoms with Crippen molar-refractivity contribution in [3.05, 3.63) is 48.0 Å². The topological polar surface area (TPSA) is 17.1 Å². The second-order valence-corrected chi connectivity index (χ2v) is 4.47. The second kappa shape index (κ2) is 5.43. The van der Waals surface area contributed by atoms with E-state index in [0.29, 0.717) is 0 Å². The fraction of sp³-hybridized carbons (Fsp3) is 0.267. The Morgan fingerprint density at radius 3 is 2.42 bits per heavy atom. The van der Waals surface area contributed by atoms with Crippen LogP contribution in [0.3, 0.4) is 0 Å². The minimum atomic E-state index is -4.27. The van der Waals surface area contributed by atoms with Crippen LogP contribution >= 0.6 is 0 Å². The third-order valence-corrected chi connectivity index (χ3v) is 2.95. The lowest BCUT2D eigenvalue weighted by molar-refractivity contribution is -0.143. The van der Waals surface area contributed by atoms with Crippen LogP contribution in [0.1, 0.15) is 18.4 Å². The Morgan fingerprint density at radius 2 is 1.68 bits per heavy atom. The summed E-state index contributed by atoms with van der Waals surface area (Å²) >= 11 is 0. The van der Waals surface area contributed by atoms with E-state index in [1.165, 1.54) is 0 Å². The van der Waals surface area contributed by atoms with Gasteiger partial charge in [0, 0.05) is 12.8 Å². The molecule has 0 atom stereocenters. The first kappa shape index (κ1) is 13.6. The van der Waals surface area contributed by atoms with E-state index in [-0.39, 0.29) is 12.2 Å². The second-order valence-electron chi connectivity index (χ2n) is 4.47. The molecule has 1 nitrogen and oxygen atoms in total. The molecule has 0 radical (unpaired) electrons. The maximum atomic E-state index is 12.1. The first-order valence-electron chi connectivity index (χ1n) is 6.01. The molecule has 2 rings (SSSR count). The van der Waals surface area contributed by atoms with Crippen LogP contribution in [0.5, 0.6) is 0 Å². The smallest absolute Gasteiger partial charge is 0.299 e. The molecule has 0 heterocycles. The number of carbonyl (C=O) groups is 1. The molecular formula is C15H13F3O. The standard InChI is InChI=1S/C15H13F3O/c16-15(17,18)9-8-13(19)10-12-6-3-5-11-4-1-2-7-14(11)12/h1-7H,8-10H2. The molecule has 0 N–H and O–H groups in total. The minimum absolute atomic E-state index is 0.0530. The van der Waals surface area contributed by atoms with Crippen LogP contribution in [0, 0.1) is 0 Å². The molecule has 0 aliphatic rings. The fourth-order valence-electron chi connectivity index (χ4n) is 2.03. The molecule has 4 heteroatoms. The van der Waals surface area contributed by atoms with Crippen LogP contribution in [0.25, 0.3) is 10.8 Å². The quantitative estimate of drug-likeness (QED) is 0.806. The van der Waals surface area contributed by atoms with Crippen molar-refractivity contribution in [1.82, 2.24) is 0 Å².